The number of aromatic nitrogens is 2. The van der Waals surface area contributed by atoms with E-state index < -0.39 is 17.3 Å². The molecule has 0 spiro atoms. The highest BCUT2D eigenvalue weighted by atomic mass is 19.1. The molecule has 126 valence electrons. The maximum Gasteiger partial charge on any atom is 0.267 e. The molecule has 0 unspecified atom stereocenters. The van der Waals surface area contributed by atoms with E-state index >= 15 is 0 Å². The van der Waals surface area contributed by atoms with E-state index in [1.807, 2.05) is 4.90 Å². The third-order valence-electron chi connectivity index (χ3n) is 3.63. The Hall–Kier alpha value is -2.74. The van der Waals surface area contributed by atoms with Crippen LogP contribution in [0.15, 0.2) is 41.2 Å². The van der Waals surface area contributed by atoms with Crippen LogP contribution in [0, 0.1) is 5.82 Å². The van der Waals surface area contributed by atoms with Crippen LogP contribution < -0.4 is 15.8 Å². The Kier molecular flexibility index (Phi) is 4.85. The Morgan fingerprint density at radius 3 is 2.71 bits per heavy atom. The quantitative estimate of drug-likeness (QED) is 0.899. The second-order valence-electron chi connectivity index (χ2n) is 5.31. The summed E-state index contributed by atoms with van der Waals surface area (Å²) in [7, 11) is 0. The number of hydrogen-bond donors (Lipinski definition) is 1. The molecule has 7 nitrogen and oxygen atoms in total. The van der Waals surface area contributed by atoms with Gasteiger partial charge in [0.1, 0.15) is 18.2 Å². The lowest BCUT2D eigenvalue weighted by molar-refractivity contribution is -0.117. The molecule has 0 bridgehead atoms. The van der Waals surface area contributed by atoms with E-state index in [0.717, 1.165) is 4.68 Å². The molecule has 1 aliphatic rings. The van der Waals surface area contributed by atoms with E-state index in [2.05, 4.69) is 10.4 Å². The summed E-state index contributed by atoms with van der Waals surface area (Å²) in [5.74, 6) is -0.446. The van der Waals surface area contributed by atoms with Crippen molar-refractivity contribution in [1.82, 2.24) is 9.78 Å². The summed E-state index contributed by atoms with van der Waals surface area (Å²) in [4.78, 5) is 26.0. The molecule has 24 heavy (non-hydrogen) atoms. The highest BCUT2D eigenvalue weighted by molar-refractivity contribution is 5.90. The number of morpholine rings is 1. The van der Waals surface area contributed by atoms with Gasteiger partial charge in [0.2, 0.25) is 5.91 Å². The number of benzene rings is 1. The van der Waals surface area contributed by atoms with Crippen molar-refractivity contribution in [3.05, 3.63) is 52.6 Å². The van der Waals surface area contributed by atoms with Gasteiger partial charge in [-0.05, 0) is 18.2 Å². The number of rotatable bonds is 4. The van der Waals surface area contributed by atoms with Crippen LogP contribution in [0.4, 0.5) is 15.9 Å². The fraction of sp³-hybridized carbons (Fsp3) is 0.312. The maximum absolute atomic E-state index is 13.6. The molecule has 0 atom stereocenters. The first-order valence-corrected chi connectivity index (χ1v) is 7.59. The SMILES string of the molecule is O=C(Cn1nc(N2CCOCC2)ccc1=O)Nc1ccccc1F. The van der Waals surface area contributed by atoms with Gasteiger partial charge in [-0.1, -0.05) is 12.1 Å². The molecule has 0 saturated carbocycles. The summed E-state index contributed by atoms with van der Waals surface area (Å²) in [6.45, 7) is 2.24. The molecule has 1 aliphatic heterocycles. The van der Waals surface area contributed by atoms with Crippen LogP contribution in [0.25, 0.3) is 0 Å². The lowest BCUT2D eigenvalue weighted by Gasteiger charge is -2.27. The smallest absolute Gasteiger partial charge is 0.267 e. The molecule has 0 aliphatic carbocycles. The van der Waals surface area contributed by atoms with Crippen molar-refractivity contribution in [2.45, 2.75) is 6.54 Å². The first-order chi connectivity index (χ1) is 11.6. The number of carbonyl (C=O) groups is 1. The van der Waals surface area contributed by atoms with Crippen molar-refractivity contribution < 1.29 is 13.9 Å². The number of anilines is 2. The van der Waals surface area contributed by atoms with Gasteiger partial charge >= 0.3 is 0 Å². The van der Waals surface area contributed by atoms with Crippen LogP contribution >= 0.6 is 0 Å². The van der Waals surface area contributed by atoms with E-state index in [4.69, 9.17) is 4.74 Å². The van der Waals surface area contributed by atoms with Crippen molar-refractivity contribution in [3.63, 3.8) is 0 Å². The number of nitrogens with one attached hydrogen (secondary N) is 1. The first kappa shape index (κ1) is 16.1. The van der Waals surface area contributed by atoms with Gasteiger partial charge in [-0.15, -0.1) is 0 Å². The number of nitrogens with zero attached hydrogens (tertiary/aromatic N) is 3. The Balaban J connectivity index is 1.73. The second-order valence-corrected chi connectivity index (χ2v) is 5.31. The fourth-order valence-electron chi connectivity index (χ4n) is 2.40. The van der Waals surface area contributed by atoms with Gasteiger partial charge in [-0.2, -0.15) is 5.10 Å². The lowest BCUT2D eigenvalue weighted by atomic mass is 10.3. The van der Waals surface area contributed by atoms with Crippen LogP contribution in [-0.2, 0) is 16.1 Å². The molecule has 1 aromatic heterocycles. The molecule has 1 amide bonds. The summed E-state index contributed by atoms with van der Waals surface area (Å²) < 4.78 is 19.9. The minimum Gasteiger partial charge on any atom is -0.378 e. The predicted octanol–water partition coefficient (Wildman–Crippen LogP) is 0.858. The molecule has 2 aromatic rings. The van der Waals surface area contributed by atoms with Crippen LogP contribution in [-0.4, -0.2) is 42.0 Å². The van der Waals surface area contributed by atoms with Gasteiger partial charge in [-0.3, -0.25) is 9.59 Å². The molecule has 8 heteroatoms. The Morgan fingerprint density at radius 1 is 1.21 bits per heavy atom. The highest BCUT2D eigenvalue weighted by Crippen LogP contribution is 2.13. The van der Waals surface area contributed by atoms with Gasteiger partial charge in [-0.25, -0.2) is 9.07 Å². The molecule has 1 saturated heterocycles. The van der Waals surface area contributed by atoms with E-state index in [1.165, 1.54) is 24.3 Å². The zero-order valence-corrected chi connectivity index (χ0v) is 12.9. The van der Waals surface area contributed by atoms with E-state index in [-0.39, 0.29) is 12.2 Å². The molecule has 1 aromatic carbocycles. The average molecular weight is 332 g/mol. The number of ether oxygens (including phenoxy) is 1. The minimum atomic E-state index is -0.534. The first-order valence-electron chi connectivity index (χ1n) is 7.59. The molecular formula is C16H17FN4O3. The zero-order chi connectivity index (χ0) is 16.9. The zero-order valence-electron chi connectivity index (χ0n) is 12.9. The van der Waals surface area contributed by atoms with E-state index in [0.29, 0.717) is 32.1 Å². The van der Waals surface area contributed by atoms with Crippen LogP contribution in [0.1, 0.15) is 0 Å². The summed E-state index contributed by atoms with van der Waals surface area (Å²) in [5, 5.41) is 6.66. The van der Waals surface area contributed by atoms with Crippen LogP contribution in [0.2, 0.25) is 0 Å². The van der Waals surface area contributed by atoms with Crippen molar-refractivity contribution in [1.29, 1.82) is 0 Å². The number of carbonyl (C=O) groups excluding carboxylic acids is 1. The number of amides is 1. The normalized spacial score (nSPS) is 14.5. The van der Waals surface area contributed by atoms with Crippen LogP contribution in [0.5, 0.6) is 0 Å². The standard InChI is InChI=1S/C16H17FN4O3/c17-12-3-1-2-4-13(12)18-15(22)11-21-16(23)6-5-14(19-21)20-7-9-24-10-8-20/h1-6H,7-11H2,(H,18,22). The molecular weight excluding hydrogens is 315 g/mol. The van der Waals surface area contributed by atoms with Crippen molar-refractivity contribution in [3.8, 4) is 0 Å². The van der Waals surface area contributed by atoms with Gasteiger partial charge in [0.15, 0.2) is 0 Å². The highest BCUT2D eigenvalue weighted by Gasteiger charge is 2.15. The minimum absolute atomic E-state index is 0.0693. The fourth-order valence-corrected chi connectivity index (χ4v) is 2.40. The molecule has 0 radical (unpaired) electrons. The van der Waals surface area contributed by atoms with Crippen molar-refractivity contribution >= 4 is 17.4 Å². The Labute approximate surface area is 137 Å². The van der Waals surface area contributed by atoms with Gasteiger partial charge in [0.05, 0.1) is 18.9 Å². The van der Waals surface area contributed by atoms with Crippen molar-refractivity contribution in [2.24, 2.45) is 0 Å². The predicted molar refractivity (Wildman–Crippen MR) is 86.6 cm³/mol. The summed E-state index contributed by atoms with van der Waals surface area (Å²) in [6.07, 6.45) is 0. The van der Waals surface area contributed by atoms with Gasteiger partial charge in [0.25, 0.3) is 5.56 Å². The van der Waals surface area contributed by atoms with Crippen molar-refractivity contribution in [2.75, 3.05) is 36.5 Å². The second kappa shape index (κ2) is 7.22. The summed E-state index contributed by atoms with van der Waals surface area (Å²) in [5.41, 5.74) is -0.324. The van der Waals surface area contributed by atoms with E-state index in [1.54, 1.807) is 12.1 Å². The third kappa shape index (κ3) is 3.77. The summed E-state index contributed by atoms with van der Waals surface area (Å²) in [6, 6.07) is 8.84. The summed E-state index contributed by atoms with van der Waals surface area (Å²) >= 11 is 0. The monoisotopic (exact) mass is 332 g/mol. The van der Waals surface area contributed by atoms with E-state index in [9.17, 15) is 14.0 Å². The number of para-hydroxylation sites is 1. The Bertz CT molecular complexity index is 787. The number of halogens is 1. The maximum atomic E-state index is 13.6. The third-order valence-corrected chi connectivity index (χ3v) is 3.63. The molecule has 3 rings (SSSR count). The largest absolute Gasteiger partial charge is 0.378 e. The molecule has 1 N–H and O–H groups in total. The topological polar surface area (TPSA) is 76.5 Å². The molecule has 1 fully saturated rings. The Morgan fingerprint density at radius 2 is 1.96 bits per heavy atom. The number of hydrogen-bond acceptors (Lipinski definition) is 5. The van der Waals surface area contributed by atoms with Crippen LogP contribution in [0.3, 0.4) is 0 Å². The van der Waals surface area contributed by atoms with Gasteiger partial charge in [0, 0.05) is 19.2 Å². The molecule has 2 heterocycles. The lowest BCUT2D eigenvalue weighted by Crippen LogP contribution is -2.38. The van der Waals surface area contributed by atoms with Gasteiger partial charge < -0.3 is 15.0 Å². The average Bonchev–Trinajstić information content (AvgIpc) is 2.60.